The van der Waals surface area contributed by atoms with Gasteiger partial charge in [-0.2, -0.15) is 0 Å². The smallest absolute Gasteiger partial charge is 0.303 e. The lowest BCUT2D eigenvalue weighted by Crippen LogP contribution is -2.15. The minimum Gasteiger partial charge on any atom is -0.506 e. The first-order valence-corrected chi connectivity index (χ1v) is 7.38. The molecular formula is C17H15NO6. The van der Waals surface area contributed by atoms with Crippen LogP contribution in [0.25, 0.3) is 11.1 Å². The fourth-order valence-electron chi connectivity index (χ4n) is 2.39. The average Bonchev–Trinajstić information content (AvgIpc) is 2.59. The zero-order valence-corrected chi connectivity index (χ0v) is 12.7. The van der Waals surface area contributed by atoms with Gasteiger partial charge in [-0.1, -0.05) is 6.07 Å². The molecule has 7 nitrogen and oxygen atoms in total. The van der Waals surface area contributed by atoms with E-state index in [0.717, 1.165) is 5.56 Å². The molecule has 0 radical (unpaired) electrons. The SMILES string of the molecule is O=C(O)CCC(=O)c1ncc(-c2ccc3c(c2)OCCO3)cc1O. The van der Waals surface area contributed by atoms with Crippen LogP contribution < -0.4 is 9.47 Å². The molecule has 2 N–H and O–H groups in total. The van der Waals surface area contributed by atoms with Crippen LogP contribution in [-0.4, -0.2) is 40.2 Å². The molecular weight excluding hydrogens is 314 g/mol. The number of carboxylic acid groups (broad SMARTS) is 1. The predicted octanol–water partition coefficient (Wildman–Crippen LogP) is 2.27. The van der Waals surface area contributed by atoms with Gasteiger partial charge in [0.2, 0.25) is 0 Å². The number of nitrogens with zero attached hydrogens (tertiary/aromatic N) is 1. The molecule has 2 heterocycles. The highest BCUT2D eigenvalue weighted by Gasteiger charge is 2.17. The van der Waals surface area contributed by atoms with Gasteiger partial charge in [0.05, 0.1) is 6.42 Å². The van der Waals surface area contributed by atoms with Crippen molar-refractivity contribution in [3.8, 4) is 28.4 Å². The molecule has 24 heavy (non-hydrogen) atoms. The summed E-state index contributed by atoms with van der Waals surface area (Å²) in [6.07, 6.45) is 0.947. The van der Waals surface area contributed by atoms with E-state index in [1.54, 1.807) is 18.2 Å². The molecule has 2 aromatic rings. The number of hydrogen-bond donors (Lipinski definition) is 2. The first kappa shape index (κ1) is 15.8. The second-order valence-corrected chi connectivity index (χ2v) is 5.27. The third kappa shape index (κ3) is 3.29. The summed E-state index contributed by atoms with van der Waals surface area (Å²) in [7, 11) is 0. The zero-order valence-electron chi connectivity index (χ0n) is 12.7. The number of carboxylic acids is 1. The Kier molecular flexibility index (Phi) is 4.33. The highest BCUT2D eigenvalue weighted by Crippen LogP contribution is 2.35. The van der Waals surface area contributed by atoms with Gasteiger partial charge >= 0.3 is 5.97 Å². The first-order chi connectivity index (χ1) is 11.5. The molecule has 1 aromatic carbocycles. The minimum absolute atomic E-state index is 0.127. The Bertz CT molecular complexity index is 802. The summed E-state index contributed by atoms with van der Waals surface area (Å²) < 4.78 is 11.0. The van der Waals surface area contributed by atoms with E-state index in [-0.39, 0.29) is 24.3 Å². The van der Waals surface area contributed by atoms with Crippen molar-refractivity contribution in [1.29, 1.82) is 0 Å². The third-order valence-corrected chi connectivity index (χ3v) is 3.57. The van der Waals surface area contributed by atoms with Crippen LogP contribution in [0.2, 0.25) is 0 Å². The number of hydrogen-bond acceptors (Lipinski definition) is 6. The second-order valence-electron chi connectivity index (χ2n) is 5.27. The number of carbonyl (C=O) groups excluding carboxylic acids is 1. The Morgan fingerprint density at radius 1 is 1.04 bits per heavy atom. The van der Waals surface area contributed by atoms with Gasteiger partial charge in [0.1, 0.15) is 24.7 Å². The molecule has 0 amide bonds. The van der Waals surface area contributed by atoms with E-state index < -0.39 is 11.8 Å². The number of benzene rings is 1. The maximum atomic E-state index is 11.9. The molecule has 124 valence electrons. The van der Waals surface area contributed by atoms with Gasteiger partial charge in [0, 0.05) is 18.2 Å². The number of carbonyl (C=O) groups is 2. The van der Waals surface area contributed by atoms with Crippen molar-refractivity contribution in [2.75, 3.05) is 13.2 Å². The number of aromatic nitrogens is 1. The number of ketones is 1. The van der Waals surface area contributed by atoms with Crippen molar-refractivity contribution in [3.63, 3.8) is 0 Å². The summed E-state index contributed by atoms with van der Waals surface area (Å²) >= 11 is 0. The molecule has 0 fully saturated rings. The average molecular weight is 329 g/mol. The summed E-state index contributed by atoms with van der Waals surface area (Å²) in [5.41, 5.74) is 1.24. The highest BCUT2D eigenvalue weighted by atomic mass is 16.6. The van der Waals surface area contributed by atoms with Crippen LogP contribution in [0.15, 0.2) is 30.5 Å². The van der Waals surface area contributed by atoms with Gasteiger partial charge in [-0.3, -0.25) is 9.59 Å². The maximum Gasteiger partial charge on any atom is 0.303 e. The number of aromatic hydroxyl groups is 1. The summed E-state index contributed by atoms with van der Waals surface area (Å²) in [5, 5.41) is 18.7. The lowest BCUT2D eigenvalue weighted by molar-refractivity contribution is -0.136. The Balaban J connectivity index is 1.84. The molecule has 7 heteroatoms. The number of rotatable bonds is 5. The number of aliphatic carboxylic acids is 1. The molecule has 0 unspecified atom stereocenters. The Morgan fingerprint density at radius 3 is 2.50 bits per heavy atom. The van der Waals surface area contributed by atoms with Crippen LogP contribution in [0.3, 0.4) is 0 Å². The topological polar surface area (TPSA) is 106 Å². The van der Waals surface area contributed by atoms with Crippen LogP contribution in [0, 0.1) is 0 Å². The lowest BCUT2D eigenvalue weighted by atomic mass is 10.0. The maximum absolute atomic E-state index is 11.9. The zero-order chi connectivity index (χ0) is 17.1. The molecule has 0 aliphatic carbocycles. The molecule has 1 aromatic heterocycles. The summed E-state index contributed by atoms with van der Waals surface area (Å²) in [6.45, 7) is 0.971. The van der Waals surface area contributed by atoms with E-state index in [0.29, 0.717) is 30.3 Å². The Labute approximate surface area is 137 Å². The molecule has 1 aliphatic rings. The molecule has 0 bridgehead atoms. The summed E-state index contributed by atoms with van der Waals surface area (Å²) in [5.74, 6) is -0.598. The van der Waals surface area contributed by atoms with E-state index in [1.165, 1.54) is 12.3 Å². The van der Waals surface area contributed by atoms with E-state index in [4.69, 9.17) is 14.6 Å². The Morgan fingerprint density at radius 2 is 1.79 bits per heavy atom. The third-order valence-electron chi connectivity index (χ3n) is 3.57. The standard InChI is InChI=1S/C17H15NO6/c19-12(2-4-16(21)22)17-13(20)7-11(9-18-17)10-1-3-14-15(8-10)24-6-5-23-14/h1,3,7-9,20H,2,4-6H2,(H,21,22). The van der Waals surface area contributed by atoms with Gasteiger partial charge in [0.15, 0.2) is 17.3 Å². The van der Waals surface area contributed by atoms with Crippen LogP contribution in [0.5, 0.6) is 17.2 Å². The van der Waals surface area contributed by atoms with Gasteiger partial charge in [0.25, 0.3) is 0 Å². The van der Waals surface area contributed by atoms with Crippen molar-refractivity contribution in [2.24, 2.45) is 0 Å². The molecule has 0 saturated heterocycles. The Hall–Kier alpha value is -3.09. The molecule has 1 aliphatic heterocycles. The van der Waals surface area contributed by atoms with Gasteiger partial charge < -0.3 is 19.7 Å². The summed E-state index contributed by atoms with van der Waals surface area (Å²) in [6, 6.07) is 6.77. The van der Waals surface area contributed by atoms with Crippen LogP contribution in [-0.2, 0) is 4.79 Å². The molecule has 0 spiro atoms. The van der Waals surface area contributed by atoms with Crippen LogP contribution >= 0.6 is 0 Å². The molecule has 0 atom stereocenters. The quantitative estimate of drug-likeness (QED) is 0.810. The molecule has 3 rings (SSSR count). The van der Waals surface area contributed by atoms with E-state index in [1.807, 2.05) is 0 Å². The van der Waals surface area contributed by atoms with E-state index in [9.17, 15) is 14.7 Å². The van der Waals surface area contributed by atoms with Gasteiger partial charge in [-0.15, -0.1) is 0 Å². The normalized spacial score (nSPS) is 12.7. The van der Waals surface area contributed by atoms with Crippen LogP contribution in [0.1, 0.15) is 23.3 Å². The number of Topliss-reactive ketones (excluding diaryl/α,β-unsaturated/α-hetero) is 1. The van der Waals surface area contributed by atoms with Crippen molar-refractivity contribution < 1.29 is 29.3 Å². The minimum atomic E-state index is -1.07. The largest absolute Gasteiger partial charge is 0.506 e. The van der Waals surface area contributed by atoms with Crippen LogP contribution in [0.4, 0.5) is 0 Å². The van der Waals surface area contributed by atoms with Crippen molar-refractivity contribution in [2.45, 2.75) is 12.8 Å². The van der Waals surface area contributed by atoms with Crippen molar-refractivity contribution in [1.82, 2.24) is 4.98 Å². The summed E-state index contributed by atoms with van der Waals surface area (Å²) in [4.78, 5) is 26.4. The van der Waals surface area contributed by atoms with Crippen molar-refractivity contribution >= 4 is 11.8 Å². The number of ether oxygens (including phenoxy) is 2. The fourth-order valence-corrected chi connectivity index (χ4v) is 2.39. The van der Waals surface area contributed by atoms with Gasteiger partial charge in [-0.05, 0) is 23.8 Å². The first-order valence-electron chi connectivity index (χ1n) is 7.38. The molecule has 0 saturated carbocycles. The highest BCUT2D eigenvalue weighted by molar-refractivity contribution is 5.98. The fraction of sp³-hybridized carbons (Fsp3) is 0.235. The van der Waals surface area contributed by atoms with E-state index in [2.05, 4.69) is 4.98 Å². The van der Waals surface area contributed by atoms with Crippen molar-refractivity contribution in [3.05, 3.63) is 36.2 Å². The monoisotopic (exact) mass is 329 g/mol. The number of fused-ring (bicyclic) bond motifs is 1. The van der Waals surface area contributed by atoms with Gasteiger partial charge in [-0.25, -0.2) is 4.98 Å². The lowest BCUT2D eigenvalue weighted by Gasteiger charge is -2.19. The number of pyridine rings is 1. The predicted molar refractivity (Wildman–Crippen MR) is 83.5 cm³/mol. The van der Waals surface area contributed by atoms with E-state index >= 15 is 0 Å². The second kappa shape index (κ2) is 6.57.